The van der Waals surface area contributed by atoms with E-state index in [2.05, 4.69) is 20.9 Å². The molecule has 0 aliphatic carbocycles. The SMILES string of the molecule is C#C[C@@]1(O)[C@@H](COC(Cc2ccccc2)(C(=O)O)C(=O)O)O[C@@H](n2cnc3c(N4CCC[C@@H]4CO)nc(Cl)nc32)[C@@H]1O. The Hall–Kier alpha value is -3.84. The molecule has 3 aromatic rings. The number of aromatic nitrogens is 4. The molecule has 2 aromatic heterocycles. The number of anilines is 1. The first-order valence-electron chi connectivity index (χ1n) is 13.0. The van der Waals surface area contributed by atoms with E-state index >= 15 is 0 Å². The minimum absolute atomic E-state index is 0.108. The summed E-state index contributed by atoms with van der Waals surface area (Å²) in [6.07, 6.45) is 3.10. The molecule has 2 saturated heterocycles. The minimum atomic E-state index is -2.75. The lowest BCUT2D eigenvalue weighted by atomic mass is 9.92. The van der Waals surface area contributed by atoms with Crippen LogP contribution in [-0.4, -0.2) is 106 Å². The summed E-state index contributed by atoms with van der Waals surface area (Å²) in [4.78, 5) is 39.2. The Kier molecular flexibility index (Phi) is 8.08. The molecule has 5 atom stereocenters. The van der Waals surface area contributed by atoms with Crippen LogP contribution in [0.3, 0.4) is 0 Å². The molecule has 222 valence electrons. The van der Waals surface area contributed by atoms with Gasteiger partial charge in [-0.3, -0.25) is 4.57 Å². The second-order valence-electron chi connectivity index (χ2n) is 10.2. The number of imidazole rings is 1. The molecular formula is C27H28ClN5O9. The first-order valence-corrected chi connectivity index (χ1v) is 13.4. The van der Waals surface area contributed by atoms with E-state index in [9.17, 15) is 35.1 Å². The van der Waals surface area contributed by atoms with Crippen molar-refractivity contribution in [1.82, 2.24) is 19.5 Å². The highest BCUT2D eigenvalue weighted by molar-refractivity contribution is 6.28. The molecule has 0 saturated carbocycles. The van der Waals surface area contributed by atoms with E-state index in [4.69, 9.17) is 27.5 Å². The van der Waals surface area contributed by atoms with Crippen LogP contribution in [0, 0.1) is 12.3 Å². The molecule has 14 nitrogen and oxygen atoms in total. The number of carbonyl (C=O) groups is 2. The van der Waals surface area contributed by atoms with Gasteiger partial charge in [-0.15, -0.1) is 6.42 Å². The summed E-state index contributed by atoms with van der Waals surface area (Å²) >= 11 is 6.23. The first kappa shape index (κ1) is 29.6. The van der Waals surface area contributed by atoms with E-state index in [1.807, 2.05) is 4.90 Å². The predicted octanol–water partition coefficient (Wildman–Crippen LogP) is 0.231. The molecule has 0 radical (unpaired) electrons. The zero-order valence-electron chi connectivity index (χ0n) is 22.1. The van der Waals surface area contributed by atoms with E-state index < -0.39 is 54.6 Å². The summed E-state index contributed by atoms with van der Waals surface area (Å²) in [5, 5.41) is 51.9. The van der Waals surface area contributed by atoms with Crippen molar-refractivity contribution < 1.29 is 44.6 Å². The molecule has 0 bridgehead atoms. The van der Waals surface area contributed by atoms with E-state index in [0.717, 1.165) is 12.8 Å². The number of aliphatic hydroxyl groups excluding tert-OH is 2. The fourth-order valence-electron chi connectivity index (χ4n) is 5.40. The van der Waals surface area contributed by atoms with Gasteiger partial charge in [0.05, 0.1) is 25.6 Å². The van der Waals surface area contributed by atoms with Crippen LogP contribution in [0.2, 0.25) is 5.28 Å². The van der Waals surface area contributed by atoms with Gasteiger partial charge in [-0.2, -0.15) is 9.97 Å². The Morgan fingerprint density at radius 1 is 1.24 bits per heavy atom. The van der Waals surface area contributed by atoms with Gasteiger partial charge in [0, 0.05) is 13.0 Å². The Bertz CT molecular complexity index is 1520. The molecule has 5 N–H and O–H groups in total. The topological polar surface area (TPSA) is 201 Å². The minimum Gasteiger partial charge on any atom is -0.479 e. The van der Waals surface area contributed by atoms with Crippen molar-refractivity contribution in [3.05, 3.63) is 47.5 Å². The van der Waals surface area contributed by atoms with Crippen LogP contribution >= 0.6 is 11.6 Å². The number of fused-ring (bicyclic) bond motifs is 1. The molecule has 4 heterocycles. The van der Waals surface area contributed by atoms with Crippen molar-refractivity contribution in [2.24, 2.45) is 0 Å². The molecule has 2 aliphatic heterocycles. The average molecular weight is 602 g/mol. The van der Waals surface area contributed by atoms with Gasteiger partial charge in [0.15, 0.2) is 28.8 Å². The van der Waals surface area contributed by atoms with Crippen LogP contribution < -0.4 is 4.90 Å². The monoisotopic (exact) mass is 601 g/mol. The highest BCUT2D eigenvalue weighted by atomic mass is 35.5. The number of terminal acetylenes is 1. The number of hydrogen-bond donors (Lipinski definition) is 5. The second kappa shape index (κ2) is 11.4. The molecule has 0 spiro atoms. The van der Waals surface area contributed by atoms with Crippen molar-refractivity contribution >= 4 is 40.5 Å². The summed E-state index contributed by atoms with van der Waals surface area (Å²) in [6, 6.07) is 7.81. The standard InChI is InChI=1S/C27H28ClN5O9/c1-2-26(40)17(13-41-27(23(36)37,24(38)39)11-15-7-4-3-5-8-15)42-22(19(26)35)33-14-29-18-20(30-25(28)31-21(18)33)32-10-6-9-16(32)12-34/h1,3-5,7-8,14,16-17,19,22,34-35,40H,6,9-13H2,(H,36,37)(H,38,39)/t16-,17-,19+,22-,26-/m1/s1. The van der Waals surface area contributed by atoms with Gasteiger partial charge >= 0.3 is 11.9 Å². The number of hydrogen-bond acceptors (Lipinski definition) is 11. The second-order valence-corrected chi connectivity index (χ2v) is 10.5. The van der Waals surface area contributed by atoms with Gasteiger partial charge in [-0.1, -0.05) is 36.3 Å². The van der Waals surface area contributed by atoms with Crippen molar-refractivity contribution in [2.45, 2.75) is 54.9 Å². The molecule has 0 unspecified atom stereocenters. The molecule has 15 heteroatoms. The number of rotatable bonds is 10. The number of aliphatic hydroxyl groups is 3. The van der Waals surface area contributed by atoms with E-state index in [1.54, 1.807) is 30.3 Å². The maximum Gasteiger partial charge on any atom is 0.348 e. The summed E-state index contributed by atoms with van der Waals surface area (Å²) in [7, 11) is 0. The smallest absolute Gasteiger partial charge is 0.348 e. The van der Waals surface area contributed by atoms with Gasteiger partial charge in [0.2, 0.25) is 5.28 Å². The number of benzene rings is 1. The van der Waals surface area contributed by atoms with Gasteiger partial charge in [0.1, 0.15) is 12.2 Å². The summed E-state index contributed by atoms with van der Waals surface area (Å²) < 4.78 is 12.7. The van der Waals surface area contributed by atoms with Gasteiger partial charge in [-0.05, 0) is 30.0 Å². The lowest BCUT2D eigenvalue weighted by Crippen LogP contribution is -2.55. The number of carboxylic acid groups (broad SMARTS) is 2. The highest BCUT2D eigenvalue weighted by Crippen LogP contribution is 2.40. The van der Waals surface area contributed by atoms with Crippen molar-refractivity contribution in [1.29, 1.82) is 0 Å². The van der Waals surface area contributed by atoms with E-state index in [1.165, 1.54) is 10.9 Å². The lowest BCUT2D eigenvalue weighted by molar-refractivity contribution is -0.191. The third-order valence-corrected chi connectivity index (χ3v) is 7.89. The Balaban J connectivity index is 1.46. The van der Waals surface area contributed by atoms with Gasteiger partial charge in [-0.25, -0.2) is 14.6 Å². The maximum absolute atomic E-state index is 12.2. The fourth-order valence-corrected chi connectivity index (χ4v) is 5.56. The largest absolute Gasteiger partial charge is 0.479 e. The number of ether oxygens (including phenoxy) is 2. The normalized spacial score (nSPS) is 26.0. The van der Waals surface area contributed by atoms with Gasteiger partial charge < -0.3 is 39.9 Å². The molecular weight excluding hydrogens is 574 g/mol. The molecule has 0 amide bonds. The predicted molar refractivity (Wildman–Crippen MR) is 146 cm³/mol. The zero-order valence-corrected chi connectivity index (χ0v) is 22.8. The van der Waals surface area contributed by atoms with E-state index in [-0.39, 0.29) is 29.1 Å². The van der Waals surface area contributed by atoms with Crippen molar-refractivity contribution in [3.8, 4) is 12.3 Å². The van der Waals surface area contributed by atoms with Crippen LogP contribution in [-0.2, 0) is 25.5 Å². The summed E-state index contributed by atoms with van der Waals surface area (Å²) in [5.41, 5.74) is -4.38. The quantitative estimate of drug-likeness (QED) is 0.120. The highest BCUT2D eigenvalue weighted by Gasteiger charge is 2.58. The van der Waals surface area contributed by atoms with Crippen LogP contribution in [0.15, 0.2) is 36.7 Å². The number of carboxylic acids is 2. The first-order chi connectivity index (χ1) is 20.1. The van der Waals surface area contributed by atoms with Crippen LogP contribution in [0.25, 0.3) is 11.2 Å². The molecule has 5 rings (SSSR count). The van der Waals surface area contributed by atoms with Crippen molar-refractivity contribution in [2.75, 3.05) is 24.7 Å². The Morgan fingerprint density at radius 2 is 1.95 bits per heavy atom. The fraction of sp³-hybridized carbons (Fsp3) is 0.444. The Labute approximate surface area is 244 Å². The Morgan fingerprint density at radius 3 is 2.60 bits per heavy atom. The number of nitrogens with zero attached hydrogens (tertiary/aromatic N) is 5. The summed E-state index contributed by atoms with van der Waals surface area (Å²) in [6.45, 7) is -0.319. The lowest BCUT2D eigenvalue weighted by Gasteiger charge is -2.30. The van der Waals surface area contributed by atoms with Crippen LogP contribution in [0.1, 0.15) is 24.6 Å². The van der Waals surface area contributed by atoms with Crippen LogP contribution in [0.5, 0.6) is 0 Å². The maximum atomic E-state index is 12.2. The third-order valence-electron chi connectivity index (χ3n) is 7.72. The van der Waals surface area contributed by atoms with Crippen molar-refractivity contribution in [3.63, 3.8) is 0 Å². The number of aliphatic carboxylic acids is 2. The van der Waals surface area contributed by atoms with Crippen LogP contribution in [0.4, 0.5) is 5.82 Å². The van der Waals surface area contributed by atoms with Gasteiger partial charge in [0.25, 0.3) is 5.60 Å². The van der Waals surface area contributed by atoms with E-state index in [0.29, 0.717) is 17.9 Å². The zero-order chi connectivity index (χ0) is 30.2. The molecule has 2 aliphatic rings. The number of halogens is 1. The molecule has 1 aromatic carbocycles. The summed E-state index contributed by atoms with van der Waals surface area (Å²) in [5.74, 6) is -1.10. The molecule has 2 fully saturated rings. The average Bonchev–Trinajstić information content (AvgIpc) is 3.68. The third kappa shape index (κ3) is 4.94. The molecule has 42 heavy (non-hydrogen) atoms.